The van der Waals surface area contributed by atoms with Gasteiger partial charge in [-0.15, -0.1) is 0 Å². The number of sulfonamides is 1. The van der Waals surface area contributed by atoms with E-state index in [0.717, 1.165) is 16.4 Å². The Morgan fingerprint density at radius 1 is 1.00 bits per heavy atom. The number of nitrogens with zero attached hydrogens (tertiary/aromatic N) is 2. The Morgan fingerprint density at radius 3 is 2.10 bits per heavy atom. The van der Waals surface area contributed by atoms with E-state index < -0.39 is 40.2 Å². The van der Waals surface area contributed by atoms with Gasteiger partial charge < -0.3 is 15.0 Å². The number of amides is 2. The Labute approximate surface area is 237 Å². The molecule has 0 heterocycles. The molecule has 0 aliphatic rings. The van der Waals surface area contributed by atoms with Gasteiger partial charge in [0.1, 0.15) is 24.2 Å². The third-order valence-corrected chi connectivity index (χ3v) is 8.56. The average molecular weight is 597 g/mol. The van der Waals surface area contributed by atoms with Crippen LogP contribution in [0.3, 0.4) is 0 Å². The second-order valence-corrected chi connectivity index (χ2v) is 11.1. The van der Waals surface area contributed by atoms with Crippen LogP contribution < -0.4 is 14.4 Å². The highest BCUT2D eigenvalue weighted by Crippen LogP contribution is 2.29. The van der Waals surface area contributed by atoms with Gasteiger partial charge in [-0.2, -0.15) is 0 Å². The van der Waals surface area contributed by atoms with Crippen LogP contribution in [0, 0.1) is 5.82 Å². The van der Waals surface area contributed by atoms with Crippen molar-refractivity contribution in [1.29, 1.82) is 0 Å². The molecule has 0 bridgehead atoms. The van der Waals surface area contributed by atoms with Crippen molar-refractivity contribution < 1.29 is 27.1 Å². The van der Waals surface area contributed by atoms with Crippen molar-refractivity contribution in [3.8, 4) is 5.75 Å². The van der Waals surface area contributed by atoms with Gasteiger partial charge in [0.15, 0.2) is 0 Å². The number of carbonyl (C=O) groups excluding carboxylic acids is 2. The van der Waals surface area contributed by atoms with E-state index in [2.05, 4.69) is 5.32 Å². The van der Waals surface area contributed by atoms with E-state index in [1.165, 1.54) is 55.5 Å². The van der Waals surface area contributed by atoms with E-state index in [1.807, 2.05) is 0 Å². The van der Waals surface area contributed by atoms with Gasteiger partial charge in [0, 0.05) is 29.2 Å². The predicted octanol–water partition coefficient (Wildman–Crippen LogP) is 4.89. The maximum absolute atomic E-state index is 13.9. The number of rotatable bonds is 11. The molecule has 1 N–H and O–H groups in total. The fourth-order valence-corrected chi connectivity index (χ4v) is 5.88. The molecular weight excluding hydrogens is 568 g/mol. The zero-order valence-electron chi connectivity index (χ0n) is 21.5. The summed E-state index contributed by atoms with van der Waals surface area (Å²) in [4.78, 5) is 27.8. The van der Waals surface area contributed by atoms with Crippen molar-refractivity contribution in [1.82, 2.24) is 10.2 Å². The number of carbonyl (C=O) groups is 2. The smallest absolute Gasteiger partial charge is 0.264 e. The molecule has 3 rings (SSSR count). The lowest BCUT2D eigenvalue weighted by atomic mass is 10.1. The van der Waals surface area contributed by atoms with Crippen LogP contribution in [0.5, 0.6) is 5.75 Å². The first-order valence-electron chi connectivity index (χ1n) is 11.9. The van der Waals surface area contributed by atoms with Crippen LogP contribution in [0.15, 0.2) is 71.6 Å². The first-order valence-corrected chi connectivity index (χ1v) is 14.1. The number of hydrogen-bond acceptors (Lipinski definition) is 5. The van der Waals surface area contributed by atoms with Gasteiger partial charge in [0.05, 0.1) is 17.7 Å². The highest BCUT2D eigenvalue weighted by atomic mass is 35.5. The Hall–Kier alpha value is -3.34. The molecule has 3 aromatic carbocycles. The van der Waals surface area contributed by atoms with Gasteiger partial charge in [-0.1, -0.05) is 36.2 Å². The first kappa shape index (κ1) is 30.2. The van der Waals surface area contributed by atoms with Crippen molar-refractivity contribution in [2.75, 3.05) is 25.0 Å². The lowest BCUT2D eigenvalue weighted by molar-refractivity contribution is -0.140. The molecule has 0 aromatic heterocycles. The second-order valence-electron chi connectivity index (χ2n) is 8.42. The van der Waals surface area contributed by atoms with Crippen molar-refractivity contribution in [3.63, 3.8) is 0 Å². The fourth-order valence-electron chi connectivity index (χ4n) is 3.95. The summed E-state index contributed by atoms with van der Waals surface area (Å²) < 4.78 is 47.2. The molecule has 0 saturated heterocycles. The van der Waals surface area contributed by atoms with Crippen LogP contribution in [0.2, 0.25) is 10.0 Å². The summed E-state index contributed by atoms with van der Waals surface area (Å²) in [5.41, 5.74) is 0.465. The van der Waals surface area contributed by atoms with Gasteiger partial charge in [-0.05, 0) is 67.1 Å². The lowest BCUT2D eigenvalue weighted by Gasteiger charge is -2.33. The molecule has 0 aliphatic heterocycles. The van der Waals surface area contributed by atoms with Crippen LogP contribution >= 0.6 is 23.2 Å². The fraction of sp³-hybridized carbons (Fsp3) is 0.259. The van der Waals surface area contributed by atoms with Crippen molar-refractivity contribution in [2.24, 2.45) is 0 Å². The summed E-state index contributed by atoms with van der Waals surface area (Å²) in [6.45, 7) is 0.888. The van der Waals surface area contributed by atoms with E-state index in [1.54, 1.807) is 25.1 Å². The highest BCUT2D eigenvalue weighted by Gasteiger charge is 2.34. The number of anilines is 1. The van der Waals surface area contributed by atoms with E-state index in [-0.39, 0.29) is 33.6 Å². The van der Waals surface area contributed by atoms with E-state index in [0.29, 0.717) is 11.3 Å². The van der Waals surface area contributed by atoms with Crippen LogP contribution in [0.4, 0.5) is 10.1 Å². The topological polar surface area (TPSA) is 96.0 Å². The Bertz CT molecular complexity index is 1400. The quantitative estimate of drug-likeness (QED) is 0.340. The summed E-state index contributed by atoms with van der Waals surface area (Å²) >= 11 is 12.7. The monoisotopic (exact) mass is 595 g/mol. The minimum atomic E-state index is -4.31. The number of halogens is 3. The van der Waals surface area contributed by atoms with Gasteiger partial charge in [0.25, 0.3) is 10.0 Å². The molecule has 0 radical (unpaired) electrons. The SMILES string of the molecule is CC[C@H](C(=O)NC)N(Cc1c(Cl)cccc1Cl)C(=O)CN(c1ccc(F)cc1)S(=O)(=O)c1ccc(OC)cc1. The maximum Gasteiger partial charge on any atom is 0.264 e. The summed E-state index contributed by atoms with van der Waals surface area (Å²) in [7, 11) is -1.43. The molecule has 0 fully saturated rings. The van der Waals surface area contributed by atoms with Crippen LogP contribution in [0.1, 0.15) is 18.9 Å². The second kappa shape index (κ2) is 13.1. The molecule has 2 amide bonds. The molecule has 0 saturated carbocycles. The first-order chi connectivity index (χ1) is 18.5. The van der Waals surface area contributed by atoms with Crippen LogP contribution in [0.25, 0.3) is 0 Å². The van der Waals surface area contributed by atoms with Gasteiger partial charge in [-0.25, -0.2) is 12.8 Å². The normalized spacial score (nSPS) is 11.9. The third kappa shape index (κ3) is 7.00. The molecule has 1 atom stereocenters. The van der Waals surface area contributed by atoms with Gasteiger partial charge in [0.2, 0.25) is 11.8 Å². The molecule has 0 spiro atoms. The standard InChI is InChI=1S/C27H28Cl2FN3O5S/c1-4-25(27(35)31-2)32(16-22-23(28)6-5-7-24(22)29)26(34)17-33(19-10-8-18(30)9-11-19)39(36,37)21-14-12-20(38-3)13-15-21/h5-15,25H,4,16-17H2,1-3H3,(H,31,35)/t25-/m1/s1. The average Bonchev–Trinajstić information content (AvgIpc) is 2.93. The van der Waals surface area contributed by atoms with E-state index >= 15 is 0 Å². The number of nitrogens with one attached hydrogen (secondary N) is 1. The largest absolute Gasteiger partial charge is 0.497 e. The number of benzene rings is 3. The number of likely N-dealkylation sites (N-methyl/N-ethyl adjacent to an activating group) is 1. The number of methoxy groups -OCH3 is 1. The van der Waals surface area contributed by atoms with Gasteiger partial charge >= 0.3 is 0 Å². The zero-order valence-corrected chi connectivity index (χ0v) is 23.9. The van der Waals surface area contributed by atoms with Gasteiger partial charge in [-0.3, -0.25) is 13.9 Å². The van der Waals surface area contributed by atoms with Crippen molar-refractivity contribution in [2.45, 2.75) is 30.8 Å². The summed E-state index contributed by atoms with van der Waals surface area (Å²) in [5.74, 6) is -1.27. The molecule has 3 aromatic rings. The molecular formula is C27H28Cl2FN3O5S. The molecule has 208 valence electrons. The molecule has 12 heteroatoms. The minimum Gasteiger partial charge on any atom is -0.497 e. The van der Waals surface area contributed by atoms with Crippen molar-refractivity contribution in [3.05, 3.63) is 88.2 Å². The maximum atomic E-state index is 13.9. The Kier molecular flexibility index (Phi) is 10.2. The van der Waals surface area contributed by atoms with E-state index in [4.69, 9.17) is 27.9 Å². The van der Waals surface area contributed by atoms with Crippen molar-refractivity contribution >= 4 is 50.7 Å². The summed E-state index contributed by atoms with van der Waals surface area (Å²) in [6, 6.07) is 14.2. The summed E-state index contributed by atoms with van der Waals surface area (Å²) in [5, 5.41) is 3.11. The van der Waals surface area contributed by atoms with Crippen LogP contribution in [-0.4, -0.2) is 51.9 Å². The summed E-state index contributed by atoms with van der Waals surface area (Å²) in [6.07, 6.45) is 0.231. The minimum absolute atomic E-state index is 0.0595. The Morgan fingerprint density at radius 2 is 1.59 bits per heavy atom. The Balaban J connectivity index is 2.09. The lowest BCUT2D eigenvalue weighted by Crippen LogP contribution is -2.51. The molecule has 39 heavy (non-hydrogen) atoms. The van der Waals surface area contributed by atoms with Crippen LogP contribution in [-0.2, 0) is 26.2 Å². The molecule has 0 aliphatic carbocycles. The number of ether oxygens (including phenoxy) is 1. The van der Waals surface area contributed by atoms with E-state index in [9.17, 15) is 22.4 Å². The molecule has 0 unspecified atom stereocenters. The highest BCUT2D eigenvalue weighted by molar-refractivity contribution is 7.92. The third-order valence-electron chi connectivity index (χ3n) is 6.06. The number of hydrogen-bond donors (Lipinski definition) is 1. The molecule has 8 nitrogen and oxygen atoms in total. The zero-order chi connectivity index (χ0) is 28.7. The predicted molar refractivity (Wildman–Crippen MR) is 149 cm³/mol.